The summed E-state index contributed by atoms with van der Waals surface area (Å²) in [6.07, 6.45) is 1.76. The highest BCUT2D eigenvalue weighted by molar-refractivity contribution is 7.80. The lowest BCUT2D eigenvalue weighted by Gasteiger charge is -2.09. The van der Waals surface area contributed by atoms with E-state index in [1.807, 2.05) is 48.9 Å². The highest BCUT2D eigenvalue weighted by Crippen LogP contribution is 2.18. The molecular formula is C14H16N2O2S. The van der Waals surface area contributed by atoms with Gasteiger partial charge in [-0.3, -0.25) is 4.79 Å². The number of nitrogens with two attached hydrogens (primary N) is 1. The molecule has 0 amide bonds. The molecule has 1 heterocycles. The van der Waals surface area contributed by atoms with E-state index in [4.69, 9.17) is 22.7 Å². The first-order chi connectivity index (χ1) is 8.97. The van der Waals surface area contributed by atoms with Gasteiger partial charge in [0.15, 0.2) is 0 Å². The molecule has 0 saturated heterocycles. The fourth-order valence-electron chi connectivity index (χ4n) is 1.93. The summed E-state index contributed by atoms with van der Waals surface area (Å²) in [4.78, 5) is 12.0. The van der Waals surface area contributed by atoms with Crippen LogP contribution in [0.4, 0.5) is 0 Å². The van der Waals surface area contributed by atoms with Gasteiger partial charge < -0.3 is 15.0 Å². The largest absolute Gasteiger partial charge is 0.462 e. The van der Waals surface area contributed by atoms with Crippen LogP contribution in [0.3, 0.4) is 0 Å². The summed E-state index contributed by atoms with van der Waals surface area (Å²) in [5, 5.41) is 1.00. The van der Waals surface area contributed by atoms with Crippen LogP contribution in [0.25, 0.3) is 10.9 Å². The zero-order valence-electron chi connectivity index (χ0n) is 10.9. The third-order valence-corrected chi connectivity index (χ3v) is 2.96. The summed E-state index contributed by atoms with van der Waals surface area (Å²) in [5.41, 5.74) is 7.38. The molecule has 2 N–H and O–H groups in total. The summed E-state index contributed by atoms with van der Waals surface area (Å²) in [7, 11) is 0. The second-order valence-corrected chi connectivity index (χ2v) is 5.06. The molecule has 19 heavy (non-hydrogen) atoms. The first-order valence-corrected chi connectivity index (χ1v) is 6.46. The van der Waals surface area contributed by atoms with Crippen molar-refractivity contribution >= 4 is 34.1 Å². The van der Waals surface area contributed by atoms with Crippen LogP contribution >= 0.6 is 12.2 Å². The van der Waals surface area contributed by atoms with Crippen LogP contribution in [0.1, 0.15) is 19.4 Å². The van der Waals surface area contributed by atoms with Crippen molar-refractivity contribution in [2.75, 3.05) is 0 Å². The molecule has 0 saturated carbocycles. The molecule has 0 unspecified atom stereocenters. The number of ether oxygens (including phenoxy) is 1. The van der Waals surface area contributed by atoms with E-state index < -0.39 is 0 Å². The summed E-state index contributed by atoms with van der Waals surface area (Å²) < 4.78 is 6.98. The second-order valence-electron chi connectivity index (χ2n) is 4.62. The van der Waals surface area contributed by atoms with E-state index in [-0.39, 0.29) is 18.6 Å². The van der Waals surface area contributed by atoms with Gasteiger partial charge in [0.25, 0.3) is 0 Å². The highest BCUT2D eigenvalue weighted by atomic mass is 32.1. The Labute approximate surface area is 117 Å². The lowest BCUT2D eigenvalue weighted by molar-refractivity contribution is -0.148. The van der Waals surface area contributed by atoms with Gasteiger partial charge in [0.1, 0.15) is 11.5 Å². The SMILES string of the molecule is CC(C)OC(=O)Cn1ccc2cc(C(N)=S)ccc21. The maximum atomic E-state index is 11.7. The van der Waals surface area contributed by atoms with Gasteiger partial charge in [-0.2, -0.15) is 0 Å². The number of aromatic nitrogens is 1. The van der Waals surface area contributed by atoms with Gasteiger partial charge in [0.2, 0.25) is 0 Å². The number of esters is 1. The van der Waals surface area contributed by atoms with Crippen molar-refractivity contribution in [3.63, 3.8) is 0 Å². The predicted octanol–water partition coefficient (Wildman–Crippen LogP) is 2.23. The number of carbonyl (C=O) groups excluding carboxylic acids is 1. The Hall–Kier alpha value is -1.88. The van der Waals surface area contributed by atoms with Crippen LogP contribution < -0.4 is 5.73 Å². The van der Waals surface area contributed by atoms with Crippen LogP contribution in [0, 0.1) is 0 Å². The van der Waals surface area contributed by atoms with Crippen molar-refractivity contribution in [2.24, 2.45) is 5.73 Å². The Morgan fingerprint density at radius 3 is 2.79 bits per heavy atom. The van der Waals surface area contributed by atoms with E-state index in [1.165, 1.54) is 0 Å². The number of hydrogen-bond acceptors (Lipinski definition) is 3. The van der Waals surface area contributed by atoms with Crippen LogP contribution in [-0.2, 0) is 16.1 Å². The molecule has 0 aliphatic rings. The lowest BCUT2D eigenvalue weighted by Crippen LogP contribution is -2.17. The standard InChI is InChI=1S/C14H16N2O2S/c1-9(2)18-13(17)8-16-6-5-10-7-11(14(15)19)3-4-12(10)16/h3-7,9H,8H2,1-2H3,(H2,15,19). The number of rotatable bonds is 4. The number of carbonyl (C=O) groups is 1. The van der Waals surface area contributed by atoms with E-state index in [0.717, 1.165) is 16.5 Å². The fourth-order valence-corrected chi connectivity index (χ4v) is 2.06. The molecule has 100 valence electrons. The first kappa shape index (κ1) is 13.5. The Bertz CT molecular complexity index is 631. The van der Waals surface area contributed by atoms with E-state index in [2.05, 4.69) is 0 Å². The van der Waals surface area contributed by atoms with Gasteiger partial charge in [0, 0.05) is 22.7 Å². The van der Waals surface area contributed by atoms with E-state index >= 15 is 0 Å². The van der Waals surface area contributed by atoms with Gasteiger partial charge in [-0.1, -0.05) is 12.2 Å². The molecule has 0 radical (unpaired) electrons. The van der Waals surface area contributed by atoms with Crippen LogP contribution in [-0.4, -0.2) is 21.6 Å². The monoisotopic (exact) mass is 276 g/mol. The fraction of sp³-hybridized carbons (Fsp3) is 0.286. The van der Waals surface area contributed by atoms with Crippen molar-refractivity contribution in [3.05, 3.63) is 36.0 Å². The Morgan fingerprint density at radius 1 is 1.42 bits per heavy atom. The molecule has 0 atom stereocenters. The number of nitrogens with zero attached hydrogens (tertiary/aromatic N) is 1. The number of thiocarbonyl (C=S) groups is 1. The molecule has 1 aromatic carbocycles. The average Bonchev–Trinajstić information content (AvgIpc) is 2.70. The predicted molar refractivity (Wildman–Crippen MR) is 79.1 cm³/mol. The first-order valence-electron chi connectivity index (χ1n) is 6.05. The molecule has 0 aliphatic heterocycles. The Morgan fingerprint density at radius 2 is 2.16 bits per heavy atom. The summed E-state index contributed by atoms with van der Waals surface area (Å²) in [6.45, 7) is 3.87. The van der Waals surface area contributed by atoms with Gasteiger partial charge in [-0.15, -0.1) is 0 Å². The number of hydrogen-bond donors (Lipinski definition) is 1. The van der Waals surface area contributed by atoms with Crippen LogP contribution in [0.2, 0.25) is 0 Å². The molecule has 4 nitrogen and oxygen atoms in total. The smallest absolute Gasteiger partial charge is 0.326 e. The third kappa shape index (κ3) is 3.12. The zero-order valence-corrected chi connectivity index (χ0v) is 11.7. The molecule has 2 rings (SSSR count). The van der Waals surface area contributed by atoms with Gasteiger partial charge in [-0.05, 0) is 38.1 Å². The summed E-state index contributed by atoms with van der Waals surface area (Å²) >= 11 is 4.95. The quantitative estimate of drug-likeness (QED) is 0.687. The van der Waals surface area contributed by atoms with Crippen molar-refractivity contribution in [1.29, 1.82) is 0 Å². The zero-order chi connectivity index (χ0) is 14.0. The second kappa shape index (κ2) is 5.40. The molecule has 1 aromatic heterocycles. The molecule has 2 aromatic rings. The number of fused-ring (bicyclic) bond motifs is 1. The molecule has 5 heteroatoms. The molecule has 0 aliphatic carbocycles. The summed E-state index contributed by atoms with van der Waals surface area (Å²) in [5.74, 6) is -0.245. The van der Waals surface area contributed by atoms with E-state index in [0.29, 0.717) is 4.99 Å². The molecular weight excluding hydrogens is 260 g/mol. The minimum atomic E-state index is -0.245. The van der Waals surface area contributed by atoms with Crippen molar-refractivity contribution in [2.45, 2.75) is 26.5 Å². The van der Waals surface area contributed by atoms with Crippen molar-refractivity contribution in [3.8, 4) is 0 Å². The lowest BCUT2D eigenvalue weighted by atomic mass is 10.1. The summed E-state index contributed by atoms with van der Waals surface area (Å²) in [6, 6.07) is 7.61. The Balaban J connectivity index is 2.26. The molecule has 0 fully saturated rings. The Kier molecular flexibility index (Phi) is 3.85. The van der Waals surface area contributed by atoms with Gasteiger partial charge in [0.05, 0.1) is 6.10 Å². The maximum Gasteiger partial charge on any atom is 0.326 e. The topological polar surface area (TPSA) is 57.2 Å². The van der Waals surface area contributed by atoms with Gasteiger partial charge >= 0.3 is 5.97 Å². The maximum absolute atomic E-state index is 11.7. The molecule has 0 spiro atoms. The normalized spacial score (nSPS) is 10.9. The molecule has 0 bridgehead atoms. The van der Waals surface area contributed by atoms with Crippen molar-refractivity contribution < 1.29 is 9.53 Å². The number of benzene rings is 1. The minimum Gasteiger partial charge on any atom is -0.462 e. The average molecular weight is 276 g/mol. The van der Waals surface area contributed by atoms with Crippen LogP contribution in [0.5, 0.6) is 0 Å². The minimum absolute atomic E-state index is 0.101. The van der Waals surface area contributed by atoms with Gasteiger partial charge in [-0.25, -0.2) is 0 Å². The van der Waals surface area contributed by atoms with Crippen LogP contribution in [0.15, 0.2) is 30.5 Å². The van der Waals surface area contributed by atoms with E-state index in [9.17, 15) is 4.79 Å². The van der Waals surface area contributed by atoms with Crippen molar-refractivity contribution in [1.82, 2.24) is 4.57 Å². The highest BCUT2D eigenvalue weighted by Gasteiger charge is 2.09. The third-order valence-electron chi connectivity index (χ3n) is 2.72. The van der Waals surface area contributed by atoms with E-state index in [1.54, 1.807) is 0 Å².